The number of hydrogen-bond acceptors (Lipinski definition) is 2. The molecular weight excluding hydrogens is 414 g/mol. The van der Waals surface area contributed by atoms with E-state index in [0.29, 0.717) is 18.0 Å². The molecule has 172 valence electrons. The molecule has 1 fully saturated rings. The van der Waals surface area contributed by atoms with Crippen LogP contribution in [0, 0.1) is 5.92 Å². The van der Waals surface area contributed by atoms with Gasteiger partial charge in [0, 0.05) is 19.0 Å². The lowest BCUT2D eigenvalue weighted by molar-refractivity contribution is 0.468. The molecule has 2 aromatic rings. The fourth-order valence-electron chi connectivity index (χ4n) is 4.51. The number of benzene rings is 2. The highest BCUT2D eigenvalue weighted by molar-refractivity contribution is 7.89. The van der Waals surface area contributed by atoms with Crippen molar-refractivity contribution in [1.82, 2.24) is 4.31 Å². The molecule has 0 saturated carbocycles. The van der Waals surface area contributed by atoms with Crippen molar-refractivity contribution in [1.29, 1.82) is 0 Å². The van der Waals surface area contributed by atoms with E-state index in [4.69, 9.17) is 0 Å². The van der Waals surface area contributed by atoms with E-state index < -0.39 is 10.0 Å². The molecule has 2 aromatic carbocycles. The maximum Gasteiger partial charge on any atom is 0.243 e. The van der Waals surface area contributed by atoms with E-state index in [2.05, 4.69) is 30.9 Å². The molecule has 1 heterocycles. The van der Waals surface area contributed by atoms with Crippen molar-refractivity contribution >= 4 is 10.0 Å². The van der Waals surface area contributed by atoms with Crippen molar-refractivity contribution in [2.45, 2.75) is 62.2 Å². The van der Waals surface area contributed by atoms with Crippen LogP contribution in [0.2, 0.25) is 0 Å². The summed E-state index contributed by atoms with van der Waals surface area (Å²) >= 11 is 0. The van der Waals surface area contributed by atoms with E-state index in [1.54, 1.807) is 28.6 Å². The van der Waals surface area contributed by atoms with Gasteiger partial charge >= 0.3 is 0 Å². The Bertz CT molecular complexity index is 938. The maximum atomic E-state index is 13.2. The lowest BCUT2D eigenvalue weighted by Crippen LogP contribution is -2.29. The first-order chi connectivity index (χ1) is 15.6. The smallest absolute Gasteiger partial charge is 0.207 e. The van der Waals surface area contributed by atoms with E-state index in [1.165, 1.54) is 44.1 Å². The zero-order chi connectivity index (χ0) is 22.7. The van der Waals surface area contributed by atoms with Gasteiger partial charge in [-0.15, -0.1) is 6.58 Å². The molecule has 1 aliphatic rings. The van der Waals surface area contributed by atoms with Crippen LogP contribution in [-0.4, -0.2) is 25.8 Å². The van der Waals surface area contributed by atoms with Crippen molar-refractivity contribution in [3.8, 4) is 0 Å². The van der Waals surface area contributed by atoms with Gasteiger partial charge in [-0.05, 0) is 49.3 Å². The summed E-state index contributed by atoms with van der Waals surface area (Å²) in [5.41, 5.74) is 1.22. The fourth-order valence-corrected chi connectivity index (χ4v) is 6.03. The van der Waals surface area contributed by atoms with Gasteiger partial charge in [-0.1, -0.05) is 92.4 Å². The summed E-state index contributed by atoms with van der Waals surface area (Å²) in [7, 11) is -3.47. The molecule has 0 radical (unpaired) electrons. The normalized spacial score (nSPS) is 19.5. The summed E-state index contributed by atoms with van der Waals surface area (Å²) in [5, 5.41) is 0. The molecule has 1 saturated heterocycles. The molecule has 0 bridgehead atoms. The molecule has 2 unspecified atom stereocenters. The Morgan fingerprint density at radius 1 is 0.812 bits per heavy atom. The predicted octanol–water partition coefficient (Wildman–Crippen LogP) is 6.95. The van der Waals surface area contributed by atoms with Crippen LogP contribution in [0.1, 0.15) is 62.8 Å². The van der Waals surface area contributed by atoms with E-state index >= 15 is 0 Å². The first-order valence-electron chi connectivity index (χ1n) is 12.0. The van der Waals surface area contributed by atoms with Crippen LogP contribution in [0.15, 0.2) is 90.4 Å². The van der Waals surface area contributed by atoms with Crippen LogP contribution in [0.3, 0.4) is 0 Å². The molecule has 0 N–H and O–H groups in total. The molecule has 32 heavy (non-hydrogen) atoms. The average Bonchev–Trinajstić information content (AvgIpc) is 3.26. The third-order valence-corrected chi connectivity index (χ3v) is 8.20. The van der Waals surface area contributed by atoms with E-state index in [9.17, 15) is 8.42 Å². The highest BCUT2D eigenvalue weighted by atomic mass is 32.2. The SMILES string of the molecule is C=CCCCCCCCC/C=C/C1CN(S(=O)(=O)c2ccccc2)CC1c1ccccc1. The minimum atomic E-state index is -3.47. The minimum Gasteiger partial charge on any atom is -0.207 e. The monoisotopic (exact) mass is 451 g/mol. The van der Waals surface area contributed by atoms with Crippen LogP contribution >= 0.6 is 0 Å². The number of allylic oxidation sites excluding steroid dienone is 2. The third-order valence-electron chi connectivity index (χ3n) is 6.35. The largest absolute Gasteiger partial charge is 0.243 e. The average molecular weight is 452 g/mol. The molecule has 4 heteroatoms. The molecule has 1 aliphatic heterocycles. The second-order valence-electron chi connectivity index (χ2n) is 8.73. The lowest BCUT2D eigenvalue weighted by atomic mass is 9.88. The summed E-state index contributed by atoms with van der Waals surface area (Å²) in [6, 6.07) is 19.1. The molecular formula is C28H37NO2S. The van der Waals surface area contributed by atoms with Gasteiger partial charge in [0.15, 0.2) is 0 Å². The molecule has 0 aromatic heterocycles. The van der Waals surface area contributed by atoms with Gasteiger partial charge in [0.1, 0.15) is 0 Å². The Morgan fingerprint density at radius 3 is 2.06 bits per heavy atom. The fraction of sp³-hybridized carbons (Fsp3) is 0.429. The van der Waals surface area contributed by atoms with E-state index in [0.717, 1.165) is 12.8 Å². The summed E-state index contributed by atoms with van der Waals surface area (Å²) in [4.78, 5) is 0.379. The number of sulfonamides is 1. The quantitative estimate of drug-likeness (QED) is 0.244. The van der Waals surface area contributed by atoms with Crippen molar-refractivity contribution in [3.05, 3.63) is 91.0 Å². The zero-order valence-electron chi connectivity index (χ0n) is 19.1. The Balaban J connectivity index is 1.58. The molecule has 0 amide bonds. The van der Waals surface area contributed by atoms with Crippen LogP contribution in [0.25, 0.3) is 0 Å². The maximum absolute atomic E-state index is 13.2. The summed E-state index contributed by atoms with van der Waals surface area (Å²) in [6.45, 7) is 4.84. The van der Waals surface area contributed by atoms with Gasteiger partial charge in [0.05, 0.1) is 4.90 Å². The minimum absolute atomic E-state index is 0.191. The second kappa shape index (κ2) is 12.8. The highest BCUT2D eigenvalue weighted by Gasteiger charge is 2.38. The molecule has 0 spiro atoms. The standard InChI is InChI=1S/C28H37NO2S/c1-2-3-4-5-6-7-8-9-10-13-20-26-23-29(24-28(26)25-18-14-11-15-19-25)32(30,31)27-21-16-12-17-22-27/h2,11-22,26,28H,1,3-10,23-24H2/b20-13+. The van der Waals surface area contributed by atoms with Crippen molar-refractivity contribution in [3.63, 3.8) is 0 Å². The third kappa shape index (κ3) is 6.91. The molecule has 3 nitrogen and oxygen atoms in total. The topological polar surface area (TPSA) is 37.4 Å². The van der Waals surface area contributed by atoms with Gasteiger partial charge in [-0.3, -0.25) is 0 Å². The molecule has 3 rings (SSSR count). The molecule has 0 aliphatic carbocycles. The number of rotatable bonds is 13. The first-order valence-corrected chi connectivity index (χ1v) is 13.4. The van der Waals surface area contributed by atoms with E-state index in [1.807, 2.05) is 30.3 Å². The second-order valence-corrected chi connectivity index (χ2v) is 10.7. The van der Waals surface area contributed by atoms with Gasteiger partial charge in [0.25, 0.3) is 0 Å². The van der Waals surface area contributed by atoms with Crippen LogP contribution in [-0.2, 0) is 10.0 Å². The van der Waals surface area contributed by atoms with Gasteiger partial charge in [0.2, 0.25) is 10.0 Å². The van der Waals surface area contributed by atoms with Crippen molar-refractivity contribution in [2.75, 3.05) is 13.1 Å². The van der Waals surface area contributed by atoms with Crippen LogP contribution in [0.4, 0.5) is 0 Å². The van der Waals surface area contributed by atoms with E-state index in [-0.39, 0.29) is 11.8 Å². The zero-order valence-corrected chi connectivity index (χ0v) is 19.9. The number of unbranched alkanes of at least 4 members (excludes halogenated alkanes) is 7. The first kappa shape index (κ1) is 24.5. The van der Waals surface area contributed by atoms with Gasteiger partial charge in [-0.25, -0.2) is 8.42 Å². The van der Waals surface area contributed by atoms with Gasteiger partial charge in [-0.2, -0.15) is 4.31 Å². The summed E-state index contributed by atoms with van der Waals surface area (Å²) in [6.07, 6.45) is 16.4. The Morgan fingerprint density at radius 2 is 1.41 bits per heavy atom. The Kier molecular flexibility index (Phi) is 9.76. The molecule has 2 atom stereocenters. The van der Waals surface area contributed by atoms with Crippen molar-refractivity contribution in [2.24, 2.45) is 5.92 Å². The van der Waals surface area contributed by atoms with Crippen molar-refractivity contribution < 1.29 is 8.42 Å². The number of nitrogens with zero attached hydrogens (tertiary/aromatic N) is 1. The summed E-state index contributed by atoms with van der Waals surface area (Å²) in [5.74, 6) is 0.394. The van der Waals surface area contributed by atoms with Crippen LogP contribution in [0.5, 0.6) is 0 Å². The lowest BCUT2D eigenvalue weighted by Gasteiger charge is -2.16. The Labute approximate surface area is 194 Å². The number of hydrogen-bond donors (Lipinski definition) is 0. The predicted molar refractivity (Wildman–Crippen MR) is 134 cm³/mol. The van der Waals surface area contributed by atoms with Gasteiger partial charge < -0.3 is 0 Å². The Hall–Kier alpha value is -2.17. The highest BCUT2D eigenvalue weighted by Crippen LogP contribution is 2.36. The summed E-state index contributed by atoms with van der Waals surface area (Å²) < 4.78 is 28.1. The van der Waals surface area contributed by atoms with Crippen LogP contribution < -0.4 is 0 Å².